The molecule has 0 saturated carbocycles. The van der Waals surface area contributed by atoms with Crippen molar-refractivity contribution in [2.75, 3.05) is 18.4 Å². The number of carbonyl (C=O) groups is 1. The summed E-state index contributed by atoms with van der Waals surface area (Å²) in [5, 5.41) is 2.53. The predicted octanol–water partition coefficient (Wildman–Crippen LogP) is 3.43. The molecule has 0 radical (unpaired) electrons. The van der Waals surface area contributed by atoms with Crippen molar-refractivity contribution in [2.24, 2.45) is 0 Å². The Morgan fingerprint density at radius 2 is 1.65 bits per heavy atom. The maximum atomic E-state index is 13.5. The van der Waals surface area contributed by atoms with Crippen LogP contribution >= 0.6 is 0 Å². The van der Waals surface area contributed by atoms with Gasteiger partial charge in [0.15, 0.2) is 0 Å². The average Bonchev–Trinajstić information content (AvgIpc) is 2.63. The van der Waals surface area contributed by atoms with Gasteiger partial charge in [0.25, 0.3) is 0 Å². The molecule has 0 spiro atoms. The number of sulfonamides is 1. The molecule has 0 aliphatic heterocycles. The highest BCUT2D eigenvalue weighted by Gasteiger charge is 2.21. The Balaban J connectivity index is 1.97. The number of nitrogens with zero attached hydrogens (tertiary/aromatic N) is 1. The first-order chi connectivity index (χ1) is 12.4. The van der Waals surface area contributed by atoms with Gasteiger partial charge >= 0.3 is 0 Å². The van der Waals surface area contributed by atoms with Crippen molar-refractivity contribution in [2.45, 2.75) is 31.6 Å². The zero-order valence-electron chi connectivity index (χ0n) is 14.9. The van der Waals surface area contributed by atoms with E-state index >= 15 is 0 Å². The van der Waals surface area contributed by atoms with E-state index in [4.69, 9.17) is 0 Å². The van der Waals surface area contributed by atoms with E-state index in [1.165, 1.54) is 16.4 Å². The average molecular weight is 378 g/mol. The van der Waals surface area contributed by atoms with Crippen molar-refractivity contribution in [1.82, 2.24) is 4.31 Å². The van der Waals surface area contributed by atoms with Crippen LogP contribution in [0.2, 0.25) is 0 Å². The Morgan fingerprint density at radius 3 is 2.23 bits per heavy atom. The number of amides is 1. The van der Waals surface area contributed by atoms with Crippen molar-refractivity contribution < 1.29 is 17.6 Å². The largest absolute Gasteiger partial charge is 0.324 e. The lowest BCUT2D eigenvalue weighted by Gasteiger charge is -2.18. The molecule has 7 heteroatoms. The Bertz CT molecular complexity index is 847. The summed E-state index contributed by atoms with van der Waals surface area (Å²) in [6.07, 6.45) is 0.613. The summed E-state index contributed by atoms with van der Waals surface area (Å²) < 4.78 is 39.8. The predicted molar refractivity (Wildman–Crippen MR) is 99.9 cm³/mol. The molecule has 26 heavy (non-hydrogen) atoms. The fourth-order valence-corrected chi connectivity index (χ4v) is 4.03. The molecule has 1 N–H and O–H groups in total. The number of aryl methyl sites for hydroxylation is 1. The van der Waals surface area contributed by atoms with Crippen LogP contribution in [0.25, 0.3) is 0 Å². The first-order valence-electron chi connectivity index (χ1n) is 8.52. The molecule has 0 aliphatic rings. The Labute approximate surface area is 153 Å². The molecule has 1 amide bonds. The summed E-state index contributed by atoms with van der Waals surface area (Å²) in [6.45, 7) is 4.42. The van der Waals surface area contributed by atoms with Gasteiger partial charge in [0.05, 0.1) is 10.6 Å². The van der Waals surface area contributed by atoms with E-state index in [1.807, 2.05) is 0 Å². The summed E-state index contributed by atoms with van der Waals surface area (Å²) >= 11 is 0. The molecule has 0 unspecified atom stereocenters. The van der Waals surface area contributed by atoms with Gasteiger partial charge in [0.1, 0.15) is 5.82 Å². The lowest BCUT2D eigenvalue weighted by atomic mass is 10.1. The zero-order chi connectivity index (χ0) is 19.2. The van der Waals surface area contributed by atoms with E-state index in [9.17, 15) is 17.6 Å². The van der Waals surface area contributed by atoms with Crippen molar-refractivity contribution in [1.29, 1.82) is 0 Å². The highest BCUT2D eigenvalue weighted by atomic mass is 32.2. The second-order valence-corrected chi connectivity index (χ2v) is 7.70. The number of rotatable bonds is 8. The number of anilines is 1. The fourth-order valence-electron chi connectivity index (χ4n) is 2.57. The molecule has 0 saturated heterocycles. The van der Waals surface area contributed by atoms with Gasteiger partial charge in [-0.05, 0) is 36.2 Å². The second-order valence-electron chi connectivity index (χ2n) is 5.76. The zero-order valence-corrected chi connectivity index (χ0v) is 15.7. The van der Waals surface area contributed by atoms with E-state index < -0.39 is 15.8 Å². The van der Waals surface area contributed by atoms with Crippen LogP contribution in [0, 0.1) is 5.82 Å². The molecule has 0 aromatic heterocycles. The van der Waals surface area contributed by atoms with Crippen molar-refractivity contribution >= 4 is 21.6 Å². The van der Waals surface area contributed by atoms with Crippen LogP contribution in [-0.4, -0.2) is 31.7 Å². The Hall–Kier alpha value is -2.25. The van der Waals surface area contributed by atoms with Crippen LogP contribution < -0.4 is 5.32 Å². The van der Waals surface area contributed by atoms with Crippen molar-refractivity contribution in [3.05, 3.63) is 59.9 Å². The minimum absolute atomic E-state index is 0.151. The number of carbonyl (C=O) groups excluding carboxylic acids is 1. The molecule has 0 heterocycles. The fraction of sp³-hybridized carbons (Fsp3) is 0.316. The molecule has 0 atom stereocenters. The third-order valence-electron chi connectivity index (χ3n) is 4.06. The van der Waals surface area contributed by atoms with Crippen molar-refractivity contribution in [3.63, 3.8) is 0 Å². The Kier molecular flexibility index (Phi) is 6.88. The van der Waals surface area contributed by atoms with Gasteiger partial charge in [-0.15, -0.1) is 0 Å². The topological polar surface area (TPSA) is 66.5 Å². The monoisotopic (exact) mass is 378 g/mol. The van der Waals surface area contributed by atoms with E-state index in [0.29, 0.717) is 19.5 Å². The quantitative estimate of drug-likeness (QED) is 0.765. The van der Waals surface area contributed by atoms with Crippen LogP contribution in [0.5, 0.6) is 0 Å². The van der Waals surface area contributed by atoms with E-state index in [2.05, 4.69) is 5.32 Å². The van der Waals surface area contributed by atoms with Crippen LogP contribution in [0.15, 0.2) is 53.4 Å². The first-order valence-corrected chi connectivity index (χ1v) is 9.96. The number of para-hydroxylation sites is 1. The van der Waals surface area contributed by atoms with Gasteiger partial charge in [-0.25, -0.2) is 12.8 Å². The summed E-state index contributed by atoms with van der Waals surface area (Å²) in [5.74, 6) is -0.776. The van der Waals surface area contributed by atoms with Gasteiger partial charge < -0.3 is 5.32 Å². The van der Waals surface area contributed by atoms with Crippen LogP contribution in [0.1, 0.15) is 25.8 Å². The highest BCUT2D eigenvalue weighted by Crippen LogP contribution is 2.17. The van der Waals surface area contributed by atoms with Gasteiger partial charge in [-0.2, -0.15) is 4.31 Å². The summed E-state index contributed by atoms with van der Waals surface area (Å²) in [7, 11) is -3.48. The number of halogens is 1. The number of hydrogen-bond donors (Lipinski definition) is 1. The van der Waals surface area contributed by atoms with Crippen molar-refractivity contribution in [3.8, 4) is 0 Å². The maximum absolute atomic E-state index is 13.5. The molecular weight excluding hydrogens is 355 g/mol. The van der Waals surface area contributed by atoms with Crippen LogP contribution in [0.4, 0.5) is 10.1 Å². The molecule has 140 valence electrons. The second kappa shape index (κ2) is 8.91. The summed E-state index contributed by atoms with van der Waals surface area (Å²) in [5.41, 5.74) is 0.991. The lowest BCUT2D eigenvalue weighted by molar-refractivity contribution is -0.116. The highest BCUT2D eigenvalue weighted by molar-refractivity contribution is 7.89. The van der Waals surface area contributed by atoms with Gasteiger partial charge in [0.2, 0.25) is 15.9 Å². The molecule has 0 bridgehead atoms. The molecular formula is C19H23FN2O3S. The minimum Gasteiger partial charge on any atom is -0.324 e. The summed E-state index contributed by atoms with van der Waals surface area (Å²) in [4.78, 5) is 12.2. The van der Waals surface area contributed by atoms with Gasteiger partial charge in [0, 0.05) is 19.5 Å². The smallest absolute Gasteiger partial charge is 0.243 e. The number of nitrogens with one attached hydrogen (secondary N) is 1. The van der Waals surface area contributed by atoms with E-state index in [-0.39, 0.29) is 22.9 Å². The minimum atomic E-state index is -3.48. The molecule has 2 aromatic rings. The third kappa shape index (κ3) is 4.89. The molecule has 0 aliphatic carbocycles. The van der Waals surface area contributed by atoms with Crippen LogP contribution in [0.3, 0.4) is 0 Å². The van der Waals surface area contributed by atoms with E-state index in [0.717, 1.165) is 5.56 Å². The molecule has 2 aromatic carbocycles. The van der Waals surface area contributed by atoms with Gasteiger partial charge in [-0.3, -0.25) is 4.79 Å². The molecule has 2 rings (SSSR count). The first kappa shape index (κ1) is 20.1. The standard InChI is InChI=1S/C19H23FN2O3S/c1-3-22(4-2)26(24,25)16-12-9-15(10-13-16)11-14-19(23)21-18-8-6-5-7-17(18)20/h5-10,12-13H,3-4,11,14H2,1-2H3,(H,21,23). The SMILES string of the molecule is CCN(CC)S(=O)(=O)c1ccc(CCC(=O)Nc2ccccc2F)cc1. The van der Waals surface area contributed by atoms with Crippen LogP contribution in [-0.2, 0) is 21.2 Å². The number of hydrogen-bond acceptors (Lipinski definition) is 3. The normalized spacial score (nSPS) is 11.5. The Morgan fingerprint density at radius 1 is 1.04 bits per heavy atom. The lowest BCUT2D eigenvalue weighted by Crippen LogP contribution is -2.30. The molecule has 0 fully saturated rings. The molecule has 5 nitrogen and oxygen atoms in total. The van der Waals surface area contributed by atoms with Gasteiger partial charge in [-0.1, -0.05) is 38.1 Å². The summed E-state index contributed by atoms with van der Waals surface area (Å²) in [6, 6.07) is 12.5. The van der Waals surface area contributed by atoms with E-state index in [1.54, 1.807) is 50.2 Å². The number of benzene rings is 2. The maximum Gasteiger partial charge on any atom is 0.243 e. The third-order valence-corrected chi connectivity index (χ3v) is 6.12.